The predicted molar refractivity (Wildman–Crippen MR) is 166 cm³/mol. The molecule has 3 aromatic rings. The zero-order valence-corrected chi connectivity index (χ0v) is 25.6. The average molecular weight is 590 g/mol. The highest BCUT2D eigenvalue weighted by Gasteiger charge is 2.32. The van der Waals surface area contributed by atoms with Crippen molar-refractivity contribution in [3.8, 4) is 0 Å². The van der Waals surface area contributed by atoms with Crippen molar-refractivity contribution in [2.75, 3.05) is 13.6 Å². The Bertz CT molecular complexity index is 1410. The molecule has 0 aliphatic heterocycles. The normalized spacial score (nSPS) is 14.8. The van der Waals surface area contributed by atoms with Gasteiger partial charge in [0, 0.05) is 39.0 Å². The molecule has 42 heavy (non-hydrogen) atoms. The van der Waals surface area contributed by atoms with Gasteiger partial charge in [0.25, 0.3) is 0 Å². The predicted octanol–water partition coefficient (Wildman–Crippen LogP) is 5.48. The molecular weight excluding hydrogens is 546 g/mol. The number of amides is 2. The number of benzene rings is 3. The highest BCUT2D eigenvalue weighted by molar-refractivity contribution is 7.89. The lowest BCUT2D eigenvalue weighted by molar-refractivity contribution is -0.141. The van der Waals surface area contributed by atoms with E-state index >= 15 is 0 Å². The summed E-state index contributed by atoms with van der Waals surface area (Å²) in [6, 6.07) is 25.5. The summed E-state index contributed by atoms with van der Waals surface area (Å²) in [6.07, 6.45) is 6.16. The smallest absolute Gasteiger partial charge is 0.243 e. The fourth-order valence-corrected chi connectivity index (χ4v) is 6.79. The summed E-state index contributed by atoms with van der Waals surface area (Å²) in [7, 11) is -2.12. The number of nitrogens with one attached hydrogen (secondary N) is 1. The molecule has 0 heterocycles. The van der Waals surface area contributed by atoms with Gasteiger partial charge in [0.1, 0.15) is 6.04 Å². The van der Waals surface area contributed by atoms with E-state index in [0.29, 0.717) is 19.4 Å². The molecule has 0 saturated heterocycles. The first-order valence-electron chi connectivity index (χ1n) is 15.0. The molecule has 3 aromatic carbocycles. The minimum absolute atomic E-state index is 0.122. The number of sulfonamides is 1. The second-order valence-electron chi connectivity index (χ2n) is 11.2. The van der Waals surface area contributed by atoms with E-state index in [0.717, 1.165) is 42.4 Å². The molecule has 1 atom stereocenters. The number of nitrogens with zero attached hydrogens (tertiary/aromatic N) is 2. The van der Waals surface area contributed by atoms with Gasteiger partial charge in [-0.1, -0.05) is 92.1 Å². The van der Waals surface area contributed by atoms with Crippen LogP contribution in [0.3, 0.4) is 0 Å². The highest BCUT2D eigenvalue weighted by Crippen LogP contribution is 2.22. The lowest BCUT2D eigenvalue weighted by atomic mass is 9.94. The summed E-state index contributed by atoms with van der Waals surface area (Å²) in [5.41, 5.74) is 3.02. The van der Waals surface area contributed by atoms with Gasteiger partial charge >= 0.3 is 0 Å². The zero-order valence-electron chi connectivity index (χ0n) is 24.7. The number of hydrogen-bond acceptors (Lipinski definition) is 4. The van der Waals surface area contributed by atoms with Crippen molar-refractivity contribution >= 4 is 21.8 Å². The van der Waals surface area contributed by atoms with Crippen LogP contribution in [0.5, 0.6) is 0 Å². The van der Waals surface area contributed by atoms with Crippen LogP contribution in [-0.4, -0.2) is 55.1 Å². The molecule has 8 heteroatoms. The van der Waals surface area contributed by atoms with E-state index in [1.54, 1.807) is 35.2 Å². The number of aryl methyl sites for hydroxylation is 1. The molecule has 1 unspecified atom stereocenters. The van der Waals surface area contributed by atoms with Crippen LogP contribution in [0.1, 0.15) is 61.6 Å². The van der Waals surface area contributed by atoms with Crippen molar-refractivity contribution in [3.05, 3.63) is 102 Å². The summed E-state index contributed by atoms with van der Waals surface area (Å²) in [4.78, 5) is 29.8. The molecule has 0 aromatic heterocycles. The maximum absolute atomic E-state index is 14.0. The number of rotatable bonds is 13. The van der Waals surface area contributed by atoms with E-state index < -0.39 is 16.1 Å². The Morgan fingerprint density at radius 2 is 1.50 bits per heavy atom. The van der Waals surface area contributed by atoms with Gasteiger partial charge in [-0.05, 0) is 55.0 Å². The molecule has 1 N–H and O–H groups in total. The molecule has 1 fully saturated rings. The molecule has 224 valence electrons. The molecule has 2 amide bonds. The van der Waals surface area contributed by atoms with Gasteiger partial charge in [0.15, 0.2) is 0 Å². The molecule has 1 aliphatic carbocycles. The fraction of sp³-hybridized carbons (Fsp3) is 0.412. The van der Waals surface area contributed by atoms with E-state index in [4.69, 9.17) is 0 Å². The molecule has 0 bridgehead atoms. The van der Waals surface area contributed by atoms with Crippen LogP contribution < -0.4 is 5.32 Å². The van der Waals surface area contributed by atoms with Crippen molar-refractivity contribution in [1.29, 1.82) is 0 Å². The van der Waals surface area contributed by atoms with Crippen molar-refractivity contribution in [1.82, 2.24) is 14.5 Å². The van der Waals surface area contributed by atoms with Crippen LogP contribution in [0.25, 0.3) is 0 Å². The third-order valence-electron chi connectivity index (χ3n) is 8.14. The minimum atomic E-state index is -3.65. The average Bonchev–Trinajstić information content (AvgIpc) is 3.01. The van der Waals surface area contributed by atoms with E-state index in [9.17, 15) is 18.0 Å². The van der Waals surface area contributed by atoms with Gasteiger partial charge in [-0.25, -0.2) is 12.7 Å². The van der Waals surface area contributed by atoms with Gasteiger partial charge in [-0.2, -0.15) is 0 Å². The lowest BCUT2D eigenvalue weighted by Crippen LogP contribution is -2.53. The molecule has 1 saturated carbocycles. The number of hydrogen-bond donors (Lipinski definition) is 1. The SMILES string of the molecule is Cc1ccccc1CN(C(=O)CCCN(C)S(=O)(=O)c1ccccc1)C(Cc1ccccc1)C(=O)NC1CCCCC1. The minimum Gasteiger partial charge on any atom is -0.352 e. The van der Waals surface area contributed by atoms with Gasteiger partial charge in [-0.3, -0.25) is 9.59 Å². The van der Waals surface area contributed by atoms with Gasteiger partial charge < -0.3 is 10.2 Å². The third-order valence-corrected chi connectivity index (χ3v) is 10.0. The van der Waals surface area contributed by atoms with Crippen LogP contribution in [0, 0.1) is 6.92 Å². The van der Waals surface area contributed by atoms with Crippen LogP contribution in [0.2, 0.25) is 0 Å². The Hall–Kier alpha value is -3.49. The fourth-order valence-electron chi connectivity index (χ4n) is 5.56. The molecule has 4 rings (SSSR count). The summed E-state index contributed by atoms with van der Waals surface area (Å²) in [5.74, 6) is -0.292. The van der Waals surface area contributed by atoms with Gasteiger partial charge in [0.2, 0.25) is 21.8 Å². The summed E-state index contributed by atoms with van der Waals surface area (Å²) in [5, 5.41) is 3.27. The molecular formula is C34H43N3O4S. The quantitative estimate of drug-likeness (QED) is 0.286. The lowest BCUT2D eigenvalue weighted by Gasteiger charge is -2.34. The third kappa shape index (κ3) is 8.52. The molecule has 0 radical (unpaired) electrons. The Morgan fingerprint density at radius 3 is 2.17 bits per heavy atom. The van der Waals surface area contributed by atoms with E-state index in [-0.39, 0.29) is 35.7 Å². The largest absolute Gasteiger partial charge is 0.352 e. The molecule has 1 aliphatic rings. The summed E-state index contributed by atoms with van der Waals surface area (Å²) < 4.78 is 27.3. The van der Waals surface area contributed by atoms with E-state index in [1.807, 2.05) is 61.5 Å². The first kappa shape index (κ1) is 31.4. The van der Waals surface area contributed by atoms with Crippen molar-refractivity contribution in [3.63, 3.8) is 0 Å². The van der Waals surface area contributed by atoms with E-state index in [2.05, 4.69) is 5.32 Å². The van der Waals surface area contributed by atoms with Gasteiger partial charge in [0.05, 0.1) is 4.90 Å². The summed E-state index contributed by atoms with van der Waals surface area (Å²) in [6.45, 7) is 2.51. The second kappa shape index (κ2) is 15.1. The van der Waals surface area contributed by atoms with Crippen molar-refractivity contribution in [2.24, 2.45) is 0 Å². The Labute approximate surface area is 251 Å². The monoisotopic (exact) mass is 589 g/mol. The van der Waals surface area contributed by atoms with Crippen LogP contribution in [0.4, 0.5) is 0 Å². The molecule has 7 nitrogen and oxygen atoms in total. The maximum Gasteiger partial charge on any atom is 0.243 e. The summed E-state index contributed by atoms with van der Waals surface area (Å²) >= 11 is 0. The maximum atomic E-state index is 14.0. The van der Waals surface area contributed by atoms with Crippen LogP contribution >= 0.6 is 0 Å². The van der Waals surface area contributed by atoms with Crippen molar-refractivity contribution in [2.45, 2.75) is 81.8 Å². The highest BCUT2D eigenvalue weighted by atomic mass is 32.2. The van der Waals surface area contributed by atoms with Gasteiger partial charge in [-0.15, -0.1) is 0 Å². The molecule has 0 spiro atoms. The number of carbonyl (C=O) groups excluding carboxylic acids is 2. The Kier molecular flexibility index (Phi) is 11.3. The van der Waals surface area contributed by atoms with Crippen LogP contribution in [0.15, 0.2) is 89.8 Å². The Morgan fingerprint density at radius 1 is 0.881 bits per heavy atom. The zero-order chi connectivity index (χ0) is 30.0. The number of carbonyl (C=O) groups is 2. The second-order valence-corrected chi connectivity index (χ2v) is 13.3. The Balaban J connectivity index is 1.55. The first-order chi connectivity index (χ1) is 20.3. The van der Waals surface area contributed by atoms with Crippen molar-refractivity contribution < 1.29 is 18.0 Å². The topological polar surface area (TPSA) is 86.8 Å². The van der Waals surface area contributed by atoms with Crippen LogP contribution in [-0.2, 0) is 32.6 Å². The first-order valence-corrected chi connectivity index (χ1v) is 16.4. The van der Waals surface area contributed by atoms with E-state index in [1.165, 1.54) is 17.8 Å². The standard InChI is InChI=1S/C34H43N3O4S/c1-27-15-12-13-18-29(27)26-37(33(38)23-14-24-36(2)42(40,41)31-21-10-5-11-22-31)32(25-28-16-6-3-7-17-28)34(39)35-30-19-8-4-9-20-30/h3,5-7,10-13,15-18,21-22,30,32H,4,8-9,14,19-20,23-26H2,1-2H3,(H,35,39).